The third-order valence-electron chi connectivity index (χ3n) is 3.41. The molecule has 1 N–H and O–H groups in total. The summed E-state index contributed by atoms with van der Waals surface area (Å²) < 4.78 is 0.288. The van der Waals surface area contributed by atoms with Crippen LogP contribution >= 0.6 is 15.9 Å². The van der Waals surface area contributed by atoms with E-state index in [0.29, 0.717) is 11.4 Å². The molecular weight excluding hydrogens is 366 g/mol. The summed E-state index contributed by atoms with van der Waals surface area (Å²) in [5.41, 5.74) is 1.03. The van der Waals surface area contributed by atoms with Crippen LogP contribution in [0.4, 0.5) is 17.1 Å². The number of rotatable bonds is 2. The molecule has 2 amide bonds. The number of fused-ring (bicyclic) bond motifs is 1. The second-order valence-electron chi connectivity index (χ2n) is 4.88. The van der Waals surface area contributed by atoms with Crippen LogP contribution in [0.1, 0.15) is 10.4 Å². The van der Waals surface area contributed by atoms with Crippen molar-refractivity contribution in [2.24, 2.45) is 0 Å². The van der Waals surface area contributed by atoms with Gasteiger partial charge in [-0.15, -0.1) is 0 Å². The van der Waals surface area contributed by atoms with E-state index in [1.165, 1.54) is 23.1 Å². The van der Waals surface area contributed by atoms with E-state index in [9.17, 15) is 19.7 Å². The topological polar surface area (TPSA) is 92.5 Å². The molecule has 0 atom stereocenters. The largest absolute Gasteiger partial charge is 0.323 e. The predicted octanol–water partition coefficient (Wildman–Crippen LogP) is 2.96. The number of amides is 2. The minimum absolute atomic E-state index is 0.139. The van der Waals surface area contributed by atoms with E-state index in [4.69, 9.17) is 0 Å². The summed E-state index contributed by atoms with van der Waals surface area (Å²) in [5.74, 6) is -0.786. The van der Waals surface area contributed by atoms with Crippen molar-refractivity contribution in [1.82, 2.24) is 0 Å². The maximum atomic E-state index is 12.7. The summed E-state index contributed by atoms with van der Waals surface area (Å²) in [6.07, 6.45) is 0. The highest BCUT2D eigenvalue weighted by atomic mass is 79.9. The highest BCUT2D eigenvalue weighted by Gasteiger charge is 2.28. The van der Waals surface area contributed by atoms with E-state index >= 15 is 0 Å². The summed E-state index contributed by atoms with van der Waals surface area (Å²) in [6, 6.07) is 11.0. The molecule has 1 heterocycles. The molecule has 3 rings (SSSR count). The van der Waals surface area contributed by atoms with Crippen LogP contribution in [0.15, 0.2) is 46.9 Å². The van der Waals surface area contributed by atoms with Gasteiger partial charge in [0.1, 0.15) is 6.54 Å². The Hall–Kier alpha value is -2.74. The summed E-state index contributed by atoms with van der Waals surface area (Å²) in [4.78, 5) is 36.2. The Morgan fingerprint density at radius 2 is 2.00 bits per heavy atom. The smallest absolute Gasteiger partial charge is 0.284 e. The molecule has 0 saturated carbocycles. The lowest BCUT2D eigenvalue weighted by molar-refractivity contribution is -0.385. The fraction of sp³-hybridized carbons (Fsp3) is 0.0667. The van der Waals surface area contributed by atoms with Crippen molar-refractivity contribution in [3.63, 3.8) is 0 Å². The van der Waals surface area contributed by atoms with Crippen LogP contribution < -0.4 is 10.2 Å². The number of halogens is 1. The van der Waals surface area contributed by atoms with Crippen LogP contribution in [0.25, 0.3) is 0 Å². The van der Waals surface area contributed by atoms with Crippen molar-refractivity contribution < 1.29 is 14.5 Å². The normalized spacial score (nSPS) is 13.3. The quantitative estimate of drug-likeness (QED) is 0.644. The van der Waals surface area contributed by atoms with Crippen LogP contribution in [0.2, 0.25) is 0 Å². The number of anilines is 2. The molecule has 0 unspecified atom stereocenters. The van der Waals surface area contributed by atoms with Crippen LogP contribution in [-0.4, -0.2) is 23.3 Å². The number of carbonyl (C=O) groups excluding carboxylic acids is 2. The van der Waals surface area contributed by atoms with Crippen molar-refractivity contribution in [1.29, 1.82) is 0 Å². The summed E-state index contributed by atoms with van der Waals surface area (Å²) in [5, 5.41) is 13.7. The van der Waals surface area contributed by atoms with Gasteiger partial charge < -0.3 is 5.32 Å². The Balaban J connectivity index is 2.03. The monoisotopic (exact) mass is 375 g/mol. The van der Waals surface area contributed by atoms with Crippen LogP contribution in [0, 0.1) is 10.1 Å². The van der Waals surface area contributed by atoms with Gasteiger partial charge in [0.15, 0.2) is 0 Å². The second kappa shape index (κ2) is 5.81. The van der Waals surface area contributed by atoms with Crippen molar-refractivity contribution in [2.45, 2.75) is 0 Å². The van der Waals surface area contributed by atoms with Crippen LogP contribution in [0.5, 0.6) is 0 Å². The number of nitro benzene ring substituents is 1. The summed E-state index contributed by atoms with van der Waals surface area (Å²) in [7, 11) is 0. The van der Waals surface area contributed by atoms with E-state index in [1.54, 1.807) is 24.3 Å². The highest BCUT2D eigenvalue weighted by molar-refractivity contribution is 9.10. The summed E-state index contributed by atoms with van der Waals surface area (Å²) in [6.45, 7) is -0.139. The molecule has 23 heavy (non-hydrogen) atoms. The van der Waals surface area contributed by atoms with Gasteiger partial charge >= 0.3 is 0 Å². The van der Waals surface area contributed by atoms with Gasteiger partial charge in [0, 0.05) is 11.6 Å². The zero-order valence-electron chi connectivity index (χ0n) is 11.7. The molecule has 0 bridgehead atoms. The van der Waals surface area contributed by atoms with Gasteiger partial charge in [0.05, 0.1) is 20.8 Å². The van der Waals surface area contributed by atoms with E-state index in [1.807, 2.05) is 0 Å². The first kappa shape index (κ1) is 15.2. The van der Waals surface area contributed by atoms with Crippen molar-refractivity contribution in [3.8, 4) is 0 Å². The number of para-hydroxylation sites is 2. The van der Waals surface area contributed by atoms with E-state index in [0.717, 1.165) is 0 Å². The molecule has 0 radical (unpaired) electrons. The lowest BCUT2D eigenvalue weighted by Gasteiger charge is -2.29. The van der Waals surface area contributed by atoms with E-state index in [-0.39, 0.29) is 28.2 Å². The predicted molar refractivity (Wildman–Crippen MR) is 87.5 cm³/mol. The molecule has 7 nitrogen and oxygen atoms in total. The fourth-order valence-electron chi connectivity index (χ4n) is 2.36. The number of benzene rings is 2. The fourth-order valence-corrected chi connectivity index (χ4v) is 2.75. The molecule has 0 spiro atoms. The minimum atomic E-state index is -0.572. The number of nitrogens with zero attached hydrogens (tertiary/aromatic N) is 2. The molecule has 2 aromatic carbocycles. The van der Waals surface area contributed by atoms with Gasteiger partial charge in [0.2, 0.25) is 5.91 Å². The Kier molecular flexibility index (Phi) is 3.83. The maximum absolute atomic E-state index is 12.7. The van der Waals surface area contributed by atoms with Gasteiger partial charge in [-0.1, -0.05) is 12.1 Å². The van der Waals surface area contributed by atoms with E-state index in [2.05, 4.69) is 21.2 Å². The molecule has 8 heteroatoms. The first-order valence-corrected chi connectivity index (χ1v) is 7.41. The molecule has 0 aliphatic carbocycles. The Bertz CT molecular complexity index is 837. The number of carbonyl (C=O) groups is 2. The van der Waals surface area contributed by atoms with Gasteiger partial charge in [-0.3, -0.25) is 24.6 Å². The molecule has 0 saturated heterocycles. The highest BCUT2D eigenvalue weighted by Crippen LogP contribution is 2.31. The first-order valence-electron chi connectivity index (χ1n) is 6.62. The van der Waals surface area contributed by atoms with Gasteiger partial charge in [0.25, 0.3) is 11.6 Å². The van der Waals surface area contributed by atoms with Crippen molar-refractivity contribution >= 4 is 44.8 Å². The minimum Gasteiger partial charge on any atom is -0.323 e. The molecule has 116 valence electrons. The Morgan fingerprint density at radius 1 is 1.26 bits per heavy atom. The molecular formula is C15H10BrN3O4. The van der Waals surface area contributed by atoms with E-state index < -0.39 is 10.8 Å². The van der Waals surface area contributed by atoms with Crippen LogP contribution in [0.3, 0.4) is 0 Å². The Labute approximate surface area is 139 Å². The average Bonchev–Trinajstić information content (AvgIpc) is 2.53. The number of nitro groups is 1. The zero-order chi connectivity index (χ0) is 16.6. The molecule has 1 aliphatic heterocycles. The number of hydrogen-bond acceptors (Lipinski definition) is 4. The van der Waals surface area contributed by atoms with Gasteiger partial charge in [-0.05, 0) is 40.2 Å². The molecule has 2 aromatic rings. The lowest BCUT2D eigenvalue weighted by atomic mass is 10.1. The van der Waals surface area contributed by atoms with Crippen molar-refractivity contribution in [2.75, 3.05) is 16.8 Å². The third-order valence-corrected chi connectivity index (χ3v) is 4.08. The third kappa shape index (κ3) is 2.80. The molecule has 1 aliphatic rings. The van der Waals surface area contributed by atoms with Crippen molar-refractivity contribution in [3.05, 3.63) is 62.6 Å². The number of hydrogen-bond donors (Lipinski definition) is 1. The average molecular weight is 376 g/mol. The zero-order valence-corrected chi connectivity index (χ0v) is 13.2. The maximum Gasteiger partial charge on any atom is 0.284 e. The number of nitrogens with one attached hydrogen (secondary N) is 1. The summed E-state index contributed by atoms with van der Waals surface area (Å²) >= 11 is 3.08. The van der Waals surface area contributed by atoms with Gasteiger partial charge in [-0.2, -0.15) is 0 Å². The Morgan fingerprint density at radius 3 is 2.74 bits per heavy atom. The van der Waals surface area contributed by atoms with Crippen LogP contribution in [-0.2, 0) is 4.79 Å². The second-order valence-corrected chi connectivity index (χ2v) is 5.73. The molecule has 0 fully saturated rings. The molecule has 0 aromatic heterocycles. The first-order chi connectivity index (χ1) is 11.0. The van der Waals surface area contributed by atoms with Gasteiger partial charge in [-0.25, -0.2) is 0 Å². The lowest BCUT2D eigenvalue weighted by Crippen LogP contribution is -2.42. The standard InChI is InChI=1S/C15H10BrN3O4/c16-10-6-5-9(7-13(10)19(22)23)15(21)18-8-14(20)17-11-3-1-2-4-12(11)18/h1-7H,8H2,(H,17,20). The SMILES string of the molecule is O=C1CN(C(=O)c2ccc(Br)c([N+](=O)[O-])c2)c2ccccc2N1.